The van der Waals surface area contributed by atoms with Gasteiger partial charge >= 0.3 is 5.97 Å². The van der Waals surface area contributed by atoms with E-state index in [0.29, 0.717) is 11.6 Å². The molecule has 3 rings (SSSR count). The minimum Gasteiger partial charge on any atom is -0.494 e. The minimum atomic E-state index is -1.39. The minimum absolute atomic E-state index is 0.00659. The van der Waals surface area contributed by atoms with Crippen LogP contribution in [-0.4, -0.2) is 35.7 Å². The van der Waals surface area contributed by atoms with E-state index >= 15 is 0 Å². The number of carbonyl (C=O) groups excluding carboxylic acids is 1. The first-order valence-electron chi connectivity index (χ1n) is 7.94. The summed E-state index contributed by atoms with van der Waals surface area (Å²) in [4.78, 5) is 28.4. The van der Waals surface area contributed by atoms with E-state index in [9.17, 15) is 19.1 Å². The van der Waals surface area contributed by atoms with Crippen molar-refractivity contribution in [1.82, 2.24) is 10.3 Å². The number of carboxylic acid groups (broad SMARTS) is 1. The molecule has 0 spiro atoms. The van der Waals surface area contributed by atoms with Crippen LogP contribution in [0.4, 0.5) is 4.39 Å². The number of amides is 1. The van der Waals surface area contributed by atoms with Gasteiger partial charge in [0.1, 0.15) is 16.0 Å². The molecule has 2 atom stereocenters. The molecule has 1 fully saturated rings. The van der Waals surface area contributed by atoms with Crippen LogP contribution in [0.3, 0.4) is 0 Å². The van der Waals surface area contributed by atoms with Crippen molar-refractivity contribution in [3.8, 4) is 5.75 Å². The number of benzene rings is 1. The van der Waals surface area contributed by atoms with Gasteiger partial charge in [-0.1, -0.05) is 6.07 Å². The second-order valence-corrected chi connectivity index (χ2v) is 6.77. The van der Waals surface area contributed by atoms with Gasteiger partial charge in [0.05, 0.1) is 13.3 Å². The van der Waals surface area contributed by atoms with E-state index in [1.165, 1.54) is 25.4 Å². The lowest BCUT2D eigenvalue weighted by Gasteiger charge is -2.15. The standard InChI is InChI=1S/C17H17FN2O5S/c1-24-11-5-4-9(7-10(11)18)14(17(22)23)20-15(21)13-8-19-16(26-13)12-3-2-6-25-12/h4-5,7-8,12,14H,2-3,6H2,1H3,(H,20,21)(H,22,23). The van der Waals surface area contributed by atoms with Crippen molar-refractivity contribution in [3.05, 3.63) is 45.7 Å². The van der Waals surface area contributed by atoms with Crippen LogP contribution in [0, 0.1) is 5.82 Å². The quantitative estimate of drug-likeness (QED) is 0.800. The Labute approximate surface area is 152 Å². The maximum Gasteiger partial charge on any atom is 0.330 e. The Balaban J connectivity index is 1.76. The van der Waals surface area contributed by atoms with Gasteiger partial charge in [-0.2, -0.15) is 0 Å². The third kappa shape index (κ3) is 3.83. The van der Waals surface area contributed by atoms with E-state index in [-0.39, 0.29) is 22.3 Å². The molecule has 1 saturated heterocycles. The van der Waals surface area contributed by atoms with Crippen molar-refractivity contribution in [3.63, 3.8) is 0 Å². The van der Waals surface area contributed by atoms with Gasteiger partial charge in [0, 0.05) is 6.61 Å². The van der Waals surface area contributed by atoms with Gasteiger partial charge < -0.3 is 19.9 Å². The fourth-order valence-corrected chi connectivity index (χ4v) is 3.57. The smallest absolute Gasteiger partial charge is 0.330 e. The summed E-state index contributed by atoms with van der Waals surface area (Å²) in [5.74, 6) is -2.60. The van der Waals surface area contributed by atoms with Gasteiger partial charge in [0.15, 0.2) is 17.6 Å². The molecule has 9 heteroatoms. The zero-order valence-corrected chi connectivity index (χ0v) is 14.7. The fourth-order valence-electron chi connectivity index (χ4n) is 2.67. The summed E-state index contributed by atoms with van der Waals surface area (Å²) < 4.78 is 24.2. The first kappa shape index (κ1) is 18.3. The van der Waals surface area contributed by atoms with Crippen LogP contribution in [-0.2, 0) is 9.53 Å². The third-order valence-corrected chi connectivity index (χ3v) is 5.07. The monoisotopic (exact) mass is 380 g/mol. The van der Waals surface area contributed by atoms with E-state index < -0.39 is 23.7 Å². The molecule has 2 heterocycles. The van der Waals surface area contributed by atoms with Crippen molar-refractivity contribution >= 4 is 23.2 Å². The highest BCUT2D eigenvalue weighted by Gasteiger charge is 2.26. The van der Waals surface area contributed by atoms with Crippen LogP contribution in [0.1, 0.15) is 45.2 Å². The number of aliphatic carboxylic acids is 1. The molecule has 2 N–H and O–H groups in total. The van der Waals surface area contributed by atoms with Crippen LogP contribution in [0.2, 0.25) is 0 Å². The molecule has 2 unspecified atom stereocenters. The van der Waals surface area contributed by atoms with E-state index in [0.717, 1.165) is 30.2 Å². The Morgan fingerprint density at radius 2 is 2.31 bits per heavy atom. The summed E-state index contributed by atoms with van der Waals surface area (Å²) in [5.41, 5.74) is 0.105. The zero-order chi connectivity index (χ0) is 18.7. The molecule has 0 bridgehead atoms. The van der Waals surface area contributed by atoms with Crippen LogP contribution >= 0.6 is 11.3 Å². The lowest BCUT2D eigenvalue weighted by Crippen LogP contribution is -2.33. The molecule has 0 saturated carbocycles. The molecule has 1 amide bonds. The van der Waals surface area contributed by atoms with Crippen LogP contribution in [0.25, 0.3) is 0 Å². The number of halogens is 1. The van der Waals surface area contributed by atoms with Gasteiger partial charge in [-0.25, -0.2) is 14.2 Å². The molecular weight excluding hydrogens is 363 g/mol. The van der Waals surface area contributed by atoms with Crippen molar-refractivity contribution in [2.24, 2.45) is 0 Å². The van der Waals surface area contributed by atoms with E-state index in [1.807, 2.05) is 0 Å². The topological polar surface area (TPSA) is 97.8 Å². The number of ether oxygens (including phenoxy) is 2. The Morgan fingerprint density at radius 3 is 2.92 bits per heavy atom. The summed E-state index contributed by atoms with van der Waals surface area (Å²) in [7, 11) is 1.31. The summed E-state index contributed by atoms with van der Waals surface area (Å²) in [6, 6.07) is 2.35. The first-order valence-corrected chi connectivity index (χ1v) is 8.75. The highest BCUT2D eigenvalue weighted by molar-refractivity contribution is 7.13. The molecule has 1 aliphatic heterocycles. The number of nitrogens with one attached hydrogen (secondary N) is 1. The SMILES string of the molecule is COc1ccc(C(NC(=O)c2cnc(C3CCCO3)s2)C(=O)O)cc1F. The Morgan fingerprint density at radius 1 is 1.50 bits per heavy atom. The van der Waals surface area contributed by atoms with E-state index in [4.69, 9.17) is 9.47 Å². The summed E-state index contributed by atoms with van der Waals surface area (Å²) in [6.07, 6.45) is 3.06. The average molecular weight is 380 g/mol. The summed E-state index contributed by atoms with van der Waals surface area (Å²) in [5, 5.41) is 12.5. The van der Waals surface area contributed by atoms with E-state index in [1.54, 1.807) is 0 Å². The van der Waals surface area contributed by atoms with Gasteiger partial charge in [0.2, 0.25) is 0 Å². The van der Waals surface area contributed by atoms with Crippen LogP contribution in [0.5, 0.6) is 5.75 Å². The van der Waals surface area contributed by atoms with Crippen LogP contribution < -0.4 is 10.1 Å². The average Bonchev–Trinajstić information content (AvgIpc) is 3.30. The van der Waals surface area contributed by atoms with E-state index in [2.05, 4.69) is 10.3 Å². The van der Waals surface area contributed by atoms with Crippen molar-refractivity contribution in [2.45, 2.75) is 25.0 Å². The molecule has 7 nitrogen and oxygen atoms in total. The molecule has 1 aliphatic rings. The number of rotatable bonds is 6. The number of thiazole rings is 1. The van der Waals surface area contributed by atoms with Crippen molar-refractivity contribution < 1.29 is 28.6 Å². The molecule has 0 radical (unpaired) electrons. The highest BCUT2D eigenvalue weighted by atomic mass is 32.1. The fraction of sp³-hybridized carbons (Fsp3) is 0.353. The van der Waals surface area contributed by atoms with Gasteiger partial charge in [0.25, 0.3) is 5.91 Å². The zero-order valence-electron chi connectivity index (χ0n) is 13.9. The lowest BCUT2D eigenvalue weighted by molar-refractivity contribution is -0.139. The number of hydrogen-bond acceptors (Lipinski definition) is 6. The lowest BCUT2D eigenvalue weighted by atomic mass is 10.1. The van der Waals surface area contributed by atoms with Gasteiger partial charge in [-0.05, 0) is 30.5 Å². The Bertz CT molecular complexity index is 819. The second kappa shape index (κ2) is 7.79. The second-order valence-electron chi connectivity index (χ2n) is 5.70. The Kier molecular flexibility index (Phi) is 5.48. The normalized spacial score (nSPS) is 17.7. The third-order valence-electron chi connectivity index (χ3n) is 3.98. The maximum absolute atomic E-state index is 13.9. The predicted molar refractivity (Wildman–Crippen MR) is 90.8 cm³/mol. The van der Waals surface area contributed by atoms with Crippen molar-refractivity contribution in [2.75, 3.05) is 13.7 Å². The number of nitrogens with zero attached hydrogens (tertiary/aromatic N) is 1. The largest absolute Gasteiger partial charge is 0.494 e. The highest BCUT2D eigenvalue weighted by Crippen LogP contribution is 2.31. The number of methoxy groups -OCH3 is 1. The summed E-state index contributed by atoms with van der Waals surface area (Å²) in [6.45, 7) is 0.663. The number of carbonyl (C=O) groups is 2. The summed E-state index contributed by atoms with van der Waals surface area (Å²) >= 11 is 1.16. The molecule has 26 heavy (non-hydrogen) atoms. The number of aromatic nitrogens is 1. The molecule has 138 valence electrons. The molecule has 0 aliphatic carbocycles. The predicted octanol–water partition coefficient (Wildman–Crippen LogP) is 2.70. The molecule has 1 aromatic carbocycles. The maximum atomic E-state index is 13.9. The Hall–Kier alpha value is -2.52. The molecule has 2 aromatic rings. The number of carboxylic acids is 1. The van der Waals surface area contributed by atoms with Gasteiger partial charge in [-0.15, -0.1) is 11.3 Å². The number of hydrogen-bond donors (Lipinski definition) is 2. The first-order chi connectivity index (χ1) is 12.5. The van der Waals surface area contributed by atoms with Crippen molar-refractivity contribution in [1.29, 1.82) is 0 Å². The van der Waals surface area contributed by atoms with Gasteiger partial charge in [-0.3, -0.25) is 4.79 Å². The molecular formula is C17H17FN2O5S. The molecule has 1 aromatic heterocycles. The van der Waals surface area contributed by atoms with Crippen LogP contribution in [0.15, 0.2) is 24.4 Å².